The molecule has 0 unspecified atom stereocenters. The van der Waals surface area contributed by atoms with Crippen LogP contribution in [0.4, 0.5) is 0 Å². The van der Waals surface area contributed by atoms with Gasteiger partial charge in [0.2, 0.25) is 0 Å². The lowest BCUT2D eigenvalue weighted by molar-refractivity contribution is 0.0533. The Kier molecular flexibility index (Phi) is 4.51. The van der Waals surface area contributed by atoms with Gasteiger partial charge in [-0.3, -0.25) is 9.59 Å². The van der Waals surface area contributed by atoms with E-state index in [4.69, 9.17) is 0 Å². The molecule has 2 aromatic rings. The van der Waals surface area contributed by atoms with Gasteiger partial charge in [-0.25, -0.2) is 0 Å². The highest BCUT2D eigenvalue weighted by Gasteiger charge is 2.26. The van der Waals surface area contributed by atoms with E-state index < -0.39 is 0 Å². The summed E-state index contributed by atoms with van der Waals surface area (Å²) in [5.74, 6) is -0.211. The molecule has 5 nitrogen and oxygen atoms in total. The molecule has 2 amide bonds. The first-order chi connectivity index (χ1) is 11.6. The molecule has 0 atom stereocenters. The van der Waals surface area contributed by atoms with Crippen LogP contribution >= 0.6 is 0 Å². The molecule has 1 saturated heterocycles. The van der Waals surface area contributed by atoms with Gasteiger partial charge in [-0.2, -0.15) is 0 Å². The monoisotopic (exact) mass is 324 g/mol. The zero-order chi connectivity index (χ0) is 17.1. The van der Waals surface area contributed by atoms with Gasteiger partial charge in [0.15, 0.2) is 0 Å². The number of amides is 2. The molecule has 1 fully saturated rings. The summed E-state index contributed by atoms with van der Waals surface area (Å²) >= 11 is 0. The highest BCUT2D eigenvalue weighted by Crippen LogP contribution is 2.21. The molecule has 0 bridgehead atoms. The Balaban J connectivity index is 1.66. The summed E-state index contributed by atoms with van der Waals surface area (Å²) in [6, 6.07) is 14.2. The van der Waals surface area contributed by atoms with E-state index in [-0.39, 0.29) is 17.6 Å². The van der Waals surface area contributed by atoms with Crippen LogP contribution in [0.3, 0.4) is 0 Å². The Morgan fingerprint density at radius 1 is 0.875 bits per heavy atom. The Morgan fingerprint density at radius 3 is 2.08 bits per heavy atom. The maximum Gasteiger partial charge on any atom is 0.257 e. The first-order valence-electron chi connectivity index (χ1n) is 7.99. The molecule has 0 radical (unpaired) electrons. The van der Waals surface area contributed by atoms with Crippen molar-refractivity contribution in [2.75, 3.05) is 26.2 Å². The number of aryl methyl sites for hydroxylation is 1. The molecule has 5 heteroatoms. The molecule has 1 N–H and O–H groups in total. The van der Waals surface area contributed by atoms with Crippen molar-refractivity contribution in [3.05, 3.63) is 65.2 Å². The molecule has 124 valence electrons. The largest absolute Gasteiger partial charge is 0.507 e. The fourth-order valence-electron chi connectivity index (χ4n) is 2.87. The van der Waals surface area contributed by atoms with Crippen LogP contribution in [0.15, 0.2) is 48.5 Å². The minimum Gasteiger partial charge on any atom is -0.507 e. The first-order valence-corrected chi connectivity index (χ1v) is 7.99. The van der Waals surface area contributed by atoms with Crippen molar-refractivity contribution < 1.29 is 14.7 Å². The van der Waals surface area contributed by atoms with E-state index in [2.05, 4.69) is 0 Å². The molecule has 0 aliphatic carbocycles. The predicted molar refractivity (Wildman–Crippen MR) is 91.1 cm³/mol. The Hall–Kier alpha value is -2.82. The lowest BCUT2D eigenvalue weighted by atomic mass is 10.1. The third-order valence-corrected chi connectivity index (χ3v) is 4.26. The van der Waals surface area contributed by atoms with Crippen molar-refractivity contribution in [1.82, 2.24) is 9.80 Å². The van der Waals surface area contributed by atoms with Crippen molar-refractivity contribution in [3.63, 3.8) is 0 Å². The van der Waals surface area contributed by atoms with Gasteiger partial charge in [-0.05, 0) is 31.2 Å². The number of rotatable bonds is 2. The first kappa shape index (κ1) is 16.1. The summed E-state index contributed by atoms with van der Waals surface area (Å²) < 4.78 is 0. The normalized spacial score (nSPS) is 14.5. The number of hydrogen-bond acceptors (Lipinski definition) is 3. The van der Waals surface area contributed by atoms with E-state index in [1.807, 2.05) is 25.1 Å². The van der Waals surface area contributed by atoms with Crippen LogP contribution in [0.1, 0.15) is 26.3 Å². The fraction of sp³-hybridized carbons (Fsp3) is 0.263. The zero-order valence-corrected chi connectivity index (χ0v) is 13.6. The van der Waals surface area contributed by atoms with E-state index >= 15 is 0 Å². The fourth-order valence-corrected chi connectivity index (χ4v) is 2.87. The zero-order valence-electron chi connectivity index (χ0n) is 13.6. The number of piperazine rings is 1. The predicted octanol–water partition coefficient (Wildman–Crippen LogP) is 2.30. The quantitative estimate of drug-likeness (QED) is 0.922. The number of carbonyl (C=O) groups is 2. The molecular weight excluding hydrogens is 304 g/mol. The second-order valence-electron chi connectivity index (χ2n) is 5.97. The number of aromatic hydroxyl groups is 1. The van der Waals surface area contributed by atoms with Crippen molar-refractivity contribution in [2.45, 2.75) is 6.92 Å². The Bertz CT molecular complexity index is 750. The number of hydrogen-bond donors (Lipinski definition) is 1. The van der Waals surface area contributed by atoms with Crippen LogP contribution in [0.25, 0.3) is 0 Å². The number of nitrogens with zero attached hydrogens (tertiary/aromatic N) is 2. The van der Waals surface area contributed by atoms with Gasteiger partial charge in [0.1, 0.15) is 5.75 Å². The third kappa shape index (κ3) is 3.25. The molecule has 0 aromatic heterocycles. The van der Waals surface area contributed by atoms with Crippen LogP contribution in [0, 0.1) is 6.92 Å². The standard InChI is InChI=1S/C19H20N2O3/c1-14-7-8-17(22)16(13-14)19(24)21-11-9-20(10-12-21)18(23)15-5-3-2-4-6-15/h2-8,13,22H,9-12H2,1H3. The number of carbonyl (C=O) groups excluding carboxylic acids is 2. The lowest BCUT2D eigenvalue weighted by Crippen LogP contribution is -2.50. The van der Waals surface area contributed by atoms with Crippen molar-refractivity contribution in [3.8, 4) is 5.75 Å². The molecule has 2 aromatic carbocycles. The highest BCUT2D eigenvalue weighted by atomic mass is 16.3. The van der Waals surface area contributed by atoms with E-state index in [0.717, 1.165) is 5.56 Å². The second kappa shape index (κ2) is 6.74. The van der Waals surface area contributed by atoms with Gasteiger partial charge in [0.05, 0.1) is 5.56 Å². The van der Waals surface area contributed by atoms with Gasteiger partial charge >= 0.3 is 0 Å². The smallest absolute Gasteiger partial charge is 0.257 e. The average molecular weight is 324 g/mol. The summed E-state index contributed by atoms with van der Waals surface area (Å²) in [7, 11) is 0. The summed E-state index contributed by atoms with van der Waals surface area (Å²) in [5.41, 5.74) is 1.90. The third-order valence-electron chi connectivity index (χ3n) is 4.26. The molecule has 0 saturated carbocycles. The maximum atomic E-state index is 12.6. The van der Waals surface area contributed by atoms with Gasteiger partial charge in [0, 0.05) is 31.7 Å². The molecule has 24 heavy (non-hydrogen) atoms. The van der Waals surface area contributed by atoms with Crippen LogP contribution in [-0.2, 0) is 0 Å². The molecule has 0 spiro atoms. The van der Waals surface area contributed by atoms with Crippen LogP contribution in [-0.4, -0.2) is 52.9 Å². The molecule has 1 heterocycles. The van der Waals surface area contributed by atoms with E-state index in [9.17, 15) is 14.7 Å². The topological polar surface area (TPSA) is 60.9 Å². The number of benzene rings is 2. The SMILES string of the molecule is Cc1ccc(O)c(C(=O)N2CCN(C(=O)c3ccccc3)CC2)c1. The average Bonchev–Trinajstić information content (AvgIpc) is 2.63. The molecular formula is C19H20N2O3. The van der Waals surface area contributed by atoms with Crippen molar-refractivity contribution in [2.24, 2.45) is 0 Å². The van der Waals surface area contributed by atoms with Gasteiger partial charge < -0.3 is 14.9 Å². The van der Waals surface area contributed by atoms with E-state index in [0.29, 0.717) is 37.3 Å². The van der Waals surface area contributed by atoms with Gasteiger partial charge in [-0.15, -0.1) is 0 Å². The minimum absolute atomic E-state index is 0.00612. The molecule has 1 aliphatic heterocycles. The van der Waals surface area contributed by atoms with Crippen LogP contribution < -0.4 is 0 Å². The van der Waals surface area contributed by atoms with Crippen LogP contribution in [0.5, 0.6) is 5.75 Å². The molecule has 1 aliphatic rings. The summed E-state index contributed by atoms with van der Waals surface area (Å²) in [6.45, 7) is 3.79. The summed E-state index contributed by atoms with van der Waals surface area (Å²) in [4.78, 5) is 28.5. The van der Waals surface area contributed by atoms with E-state index in [1.54, 1.807) is 34.1 Å². The van der Waals surface area contributed by atoms with Crippen molar-refractivity contribution in [1.29, 1.82) is 0 Å². The highest BCUT2D eigenvalue weighted by molar-refractivity contribution is 5.97. The van der Waals surface area contributed by atoms with Gasteiger partial charge in [-0.1, -0.05) is 29.8 Å². The van der Waals surface area contributed by atoms with E-state index in [1.165, 1.54) is 6.07 Å². The second-order valence-corrected chi connectivity index (χ2v) is 5.97. The van der Waals surface area contributed by atoms with Crippen molar-refractivity contribution >= 4 is 11.8 Å². The molecule has 3 rings (SSSR count). The van der Waals surface area contributed by atoms with Crippen LogP contribution in [0.2, 0.25) is 0 Å². The summed E-state index contributed by atoms with van der Waals surface area (Å²) in [5, 5.41) is 9.91. The number of phenols is 1. The Labute approximate surface area is 141 Å². The summed E-state index contributed by atoms with van der Waals surface area (Å²) in [6.07, 6.45) is 0. The maximum absolute atomic E-state index is 12.6. The Morgan fingerprint density at radius 2 is 1.46 bits per heavy atom. The minimum atomic E-state index is -0.192. The number of phenolic OH excluding ortho intramolecular Hbond substituents is 1. The van der Waals surface area contributed by atoms with Gasteiger partial charge in [0.25, 0.3) is 11.8 Å². The lowest BCUT2D eigenvalue weighted by Gasteiger charge is -2.35.